The Bertz CT molecular complexity index is 685. The van der Waals surface area contributed by atoms with Crippen LogP contribution in [0.2, 0.25) is 0 Å². The lowest BCUT2D eigenvalue weighted by atomic mass is 9.88. The number of hydrogen-bond acceptors (Lipinski definition) is 4. The maximum Gasteiger partial charge on any atom is 0.247 e. The smallest absolute Gasteiger partial charge is 0.247 e. The molecule has 1 amide bonds. The molecule has 5 heteroatoms. The molecule has 0 aromatic heterocycles. The Labute approximate surface area is 129 Å². The molecule has 3 rings (SSSR count). The molecule has 0 unspecified atom stereocenters. The van der Waals surface area contributed by atoms with Crippen molar-refractivity contribution in [1.29, 1.82) is 0 Å². The SMILES string of the molecule is COc1ccc([C@@H]2[C@@H](N)C(=O)N2c2cccc(OC)c2)cc1. The van der Waals surface area contributed by atoms with Gasteiger partial charge < -0.3 is 20.1 Å². The van der Waals surface area contributed by atoms with Gasteiger partial charge in [0.15, 0.2) is 0 Å². The highest BCUT2D eigenvalue weighted by atomic mass is 16.5. The van der Waals surface area contributed by atoms with Gasteiger partial charge in [-0.1, -0.05) is 18.2 Å². The maximum atomic E-state index is 12.2. The fourth-order valence-corrected chi connectivity index (χ4v) is 2.72. The summed E-state index contributed by atoms with van der Waals surface area (Å²) in [6.07, 6.45) is 0. The molecule has 0 aliphatic carbocycles. The first kappa shape index (κ1) is 14.4. The molecular formula is C17H18N2O3. The summed E-state index contributed by atoms with van der Waals surface area (Å²) in [4.78, 5) is 13.9. The molecule has 5 nitrogen and oxygen atoms in total. The van der Waals surface area contributed by atoms with Crippen LogP contribution in [-0.4, -0.2) is 26.2 Å². The zero-order valence-electron chi connectivity index (χ0n) is 12.5. The zero-order valence-corrected chi connectivity index (χ0v) is 12.5. The van der Waals surface area contributed by atoms with Crippen molar-refractivity contribution in [2.24, 2.45) is 5.73 Å². The number of hydrogen-bond donors (Lipinski definition) is 1. The Balaban J connectivity index is 1.93. The predicted molar refractivity (Wildman–Crippen MR) is 84.2 cm³/mol. The van der Waals surface area contributed by atoms with E-state index in [9.17, 15) is 4.79 Å². The first-order valence-electron chi connectivity index (χ1n) is 7.02. The van der Waals surface area contributed by atoms with Gasteiger partial charge in [0.25, 0.3) is 0 Å². The zero-order chi connectivity index (χ0) is 15.7. The Morgan fingerprint density at radius 1 is 1.00 bits per heavy atom. The van der Waals surface area contributed by atoms with E-state index in [1.165, 1.54) is 0 Å². The van der Waals surface area contributed by atoms with Crippen molar-refractivity contribution in [1.82, 2.24) is 0 Å². The molecule has 1 fully saturated rings. The minimum absolute atomic E-state index is 0.0888. The third-order valence-corrected chi connectivity index (χ3v) is 3.93. The van der Waals surface area contributed by atoms with Gasteiger partial charge in [0.1, 0.15) is 17.5 Å². The van der Waals surface area contributed by atoms with Crippen LogP contribution in [0.15, 0.2) is 48.5 Å². The van der Waals surface area contributed by atoms with E-state index in [4.69, 9.17) is 15.2 Å². The van der Waals surface area contributed by atoms with E-state index in [0.29, 0.717) is 5.75 Å². The van der Waals surface area contributed by atoms with Crippen molar-refractivity contribution in [2.45, 2.75) is 12.1 Å². The van der Waals surface area contributed by atoms with E-state index in [2.05, 4.69) is 0 Å². The third-order valence-electron chi connectivity index (χ3n) is 3.93. The Hall–Kier alpha value is -2.53. The number of benzene rings is 2. The topological polar surface area (TPSA) is 64.8 Å². The van der Waals surface area contributed by atoms with E-state index >= 15 is 0 Å². The number of β-lactam (4-membered cyclic amide) rings is 1. The number of methoxy groups -OCH3 is 2. The van der Waals surface area contributed by atoms with Crippen LogP contribution in [-0.2, 0) is 4.79 Å². The molecule has 2 N–H and O–H groups in total. The van der Waals surface area contributed by atoms with Crippen molar-refractivity contribution < 1.29 is 14.3 Å². The van der Waals surface area contributed by atoms with Gasteiger partial charge >= 0.3 is 0 Å². The summed E-state index contributed by atoms with van der Waals surface area (Å²) in [5.41, 5.74) is 7.78. The molecule has 1 aliphatic heterocycles. The maximum absolute atomic E-state index is 12.2. The van der Waals surface area contributed by atoms with Crippen LogP contribution in [0.1, 0.15) is 11.6 Å². The van der Waals surface area contributed by atoms with Gasteiger partial charge in [-0.05, 0) is 29.8 Å². The monoisotopic (exact) mass is 298 g/mol. The molecule has 2 aromatic rings. The molecule has 1 aliphatic rings. The van der Waals surface area contributed by atoms with Gasteiger partial charge in [0.05, 0.1) is 20.3 Å². The van der Waals surface area contributed by atoms with Crippen LogP contribution in [0, 0.1) is 0 Å². The third kappa shape index (κ3) is 2.29. The van der Waals surface area contributed by atoms with Crippen LogP contribution in [0.3, 0.4) is 0 Å². The fraction of sp³-hybridized carbons (Fsp3) is 0.235. The first-order chi connectivity index (χ1) is 10.7. The Morgan fingerprint density at radius 2 is 1.68 bits per heavy atom. The van der Waals surface area contributed by atoms with Crippen LogP contribution in [0.25, 0.3) is 0 Å². The van der Waals surface area contributed by atoms with Crippen LogP contribution >= 0.6 is 0 Å². The summed E-state index contributed by atoms with van der Waals surface area (Å²) < 4.78 is 10.4. The highest BCUT2D eigenvalue weighted by Gasteiger charge is 2.46. The normalized spacial score (nSPS) is 20.5. The van der Waals surface area contributed by atoms with E-state index in [1.54, 1.807) is 19.1 Å². The first-order valence-corrected chi connectivity index (χ1v) is 7.02. The number of carbonyl (C=O) groups is 1. The number of rotatable bonds is 4. The molecular weight excluding hydrogens is 280 g/mol. The second kappa shape index (κ2) is 5.69. The highest BCUT2D eigenvalue weighted by molar-refractivity contribution is 6.05. The lowest BCUT2D eigenvalue weighted by Gasteiger charge is -2.45. The van der Waals surface area contributed by atoms with Gasteiger partial charge in [-0.2, -0.15) is 0 Å². The second-order valence-corrected chi connectivity index (χ2v) is 5.15. The fourth-order valence-electron chi connectivity index (χ4n) is 2.72. The number of amides is 1. The summed E-state index contributed by atoms with van der Waals surface area (Å²) >= 11 is 0. The van der Waals surface area contributed by atoms with Gasteiger partial charge in [0, 0.05) is 11.8 Å². The summed E-state index contributed by atoms with van der Waals surface area (Å²) in [6, 6.07) is 14.3. The van der Waals surface area contributed by atoms with E-state index in [0.717, 1.165) is 17.0 Å². The molecule has 0 saturated carbocycles. The molecule has 2 atom stereocenters. The number of anilines is 1. The molecule has 0 bridgehead atoms. The van der Waals surface area contributed by atoms with Gasteiger partial charge in [-0.3, -0.25) is 4.79 Å². The summed E-state index contributed by atoms with van der Waals surface area (Å²) in [5.74, 6) is 1.39. The molecule has 2 aromatic carbocycles. The van der Waals surface area contributed by atoms with Gasteiger partial charge in [-0.25, -0.2) is 0 Å². The standard InChI is InChI=1S/C17H18N2O3/c1-21-13-8-6-11(7-9-13)16-15(18)17(20)19(16)12-4-3-5-14(10-12)22-2/h3-10,15-16H,18H2,1-2H3/t15-,16-/m1/s1. The summed E-state index contributed by atoms with van der Waals surface area (Å²) in [5, 5.41) is 0. The quantitative estimate of drug-likeness (QED) is 0.878. The van der Waals surface area contributed by atoms with Crippen LogP contribution in [0.5, 0.6) is 11.5 Å². The Kier molecular flexibility index (Phi) is 3.73. The Morgan fingerprint density at radius 3 is 2.32 bits per heavy atom. The van der Waals surface area contributed by atoms with Crippen LogP contribution in [0.4, 0.5) is 5.69 Å². The largest absolute Gasteiger partial charge is 0.497 e. The second-order valence-electron chi connectivity index (χ2n) is 5.15. The average molecular weight is 298 g/mol. The summed E-state index contributed by atoms with van der Waals surface area (Å²) in [7, 11) is 3.22. The molecule has 0 spiro atoms. The molecule has 1 heterocycles. The van der Waals surface area contributed by atoms with Crippen molar-refractivity contribution in [2.75, 3.05) is 19.1 Å². The van der Waals surface area contributed by atoms with Crippen molar-refractivity contribution >= 4 is 11.6 Å². The van der Waals surface area contributed by atoms with E-state index in [-0.39, 0.29) is 11.9 Å². The summed E-state index contributed by atoms with van der Waals surface area (Å²) in [6.45, 7) is 0. The number of carbonyl (C=O) groups excluding carboxylic acids is 1. The number of ether oxygens (including phenoxy) is 2. The lowest BCUT2D eigenvalue weighted by Crippen LogP contribution is -2.63. The molecule has 0 radical (unpaired) electrons. The van der Waals surface area contributed by atoms with Crippen LogP contribution < -0.4 is 20.1 Å². The predicted octanol–water partition coefficient (Wildman–Crippen LogP) is 2.12. The van der Waals surface area contributed by atoms with Crippen molar-refractivity contribution in [3.63, 3.8) is 0 Å². The molecule has 1 saturated heterocycles. The number of nitrogens with zero attached hydrogens (tertiary/aromatic N) is 1. The lowest BCUT2D eigenvalue weighted by molar-refractivity contribution is -0.126. The molecule has 22 heavy (non-hydrogen) atoms. The van der Waals surface area contributed by atoms with Gasteiger partial charge in [-0.15, -0.1) is 0 Å². The minimum Gasteiger partial charge on any atom is -0.497 e. The van der Waals surface area contributed by atoms with Gasteiger partial charge in [0.2, 0.25) is 5.91 Å². The van der Waals surface area contributed by atoms with Crippen molar-refractivity contribution in [3.8, 4) is 11.5 Å². The molecule has 114 valence electrons. The number of nitrogens with two attached hydrogens (primary N) is 1. The van der Waals surface area contributed by atoms with E-state index in [1.807, 2.05) is 48.5 Å². The minimum atomic E-state index is -0.528. The highest BCUT2D eigenvalue weighted by Crippen LogP contribution is 2.39. The van der Waals surface area contributed by atoms with E-state index < -0.39 is 6.04 Å². The van der Waals surface area contributed by atoms with Crippen molar-refractivity contribution in [3.05, 3.63) is 54.1 Å². The average Bonchev–Trinajstić information content (AvgIpc) is 2.58.